The molecule has 0 aliphatic heterocycles. The minimum absolute atomic E-state index is 0.172. The van der Waals surface area contributed by atoms with E-state index in [9.17, 15) is 0 Å². The molecule has 0 unspecified atom stereocenters. The summed E-state index contributed by atoms with van der Waals surface area (Å²) in [4.78, 5) is 4.85. The largest absolute Gasteiger partial charge is 0.310 e. The number of para-hydroxylation sites is 2. The van der Waals surface area contributed by atoms with Gasteiger partial charge in [0.05, 0.1) is 0 Å². The molecule has 0 fully saturated rings. The zero-order valence-electron chi connectivity index (χ0n) is 36.6. The second kappa shape index (κ2) is 16.8. The maximum atomic E-state index is 2.46. The number of hydrogen-bond acceptors (Lipinski definition) is 2. The topological polar surface area (TPSA) is 6.48 Å². The molecule has 0 saturated carbocycles. The summed E-state index contributed by atoms with van der Waals surface area (Å²) in [7, 11) is 0. The van der Waals surface area contributed by atoms with Gasteiger partial charge in [-0.25, -0.2) is 0 Å². The molecule has 0 bridgehead atoms. The Morgan fingerprint density at radius 1 is 0.246 bits per heavy atom. The van der Waals surface area contributed by atoms with Crippen molar-refractivity contribution in [3.05, 3.63) is 266 Å². The highest BCUT2D eigenvalue weighted by Crippen LogP contribution is 2.52. The first-order valence-corrected chi connectivity index (χ1v) is 22.5. The van der Waals surface area contributed by atoms with Gasteiger partial charge in [0, 0.05) is 39.5 Å². The van der Waals surface area contributed by atoms with Crippen LogP contribution in [0.2, 0.25) is 0 Å². The van der Waals surface area contributed by atoms with Crippen LogP contribution < -0.4 is 9.80 Å². The van der Waals surface area contributed by atoms with Gasteiger partial charge in [0.25, 0.3) is 0 Å². The highest BCUT2D eigenvalue weighted by Gasteiger charge is 2.36. The van der Waals surface area contributed by atoms with Crippen molar-refractivity contribution < 1.29 is 0 Å². The summed E-state index contributed by atoms with van der Waals surface area (Å²) in [6.45, 7) is 4.73. The maximum Gasteiger partial charge on any atom is 0.0488 e. The van der Waals surface area contributed by atoms with E-state index in [2.05, 4.69) is 278 Å². The van der Waals surface area contributed by atoms with Gasteiger partial charge >= 0.3 is 0 Å². The van der Waals surface area contributed by atoms with Crippen molar-refractivity contribution in [2.45, 2.75) is 19.3 Å². The van der Waals surface area contributed by atoms with Crippen LogP contribution in [0, 0.1) is 0 Å². The van der Waals surface area contributed by atoms with Crippen molar-refractivity contribution in [2.24, 2.45) is 0 Å². The van der Waals surface area contributed by atoms with E-state index >= 15 is 0 Å². The number of anilines is 6. The van der Waals surface area contributed by atoms with E-state index in [1.165, 1.54) is 61.2 Å². The fraction of sp³-hybridized carbons (Fsp3) is 0.0476. The molecule has 1 aliphatic rings. The number of hydrogen-bond donors (Lipinski definition) is 0. The number of nitrogens with zero attached hydrogens (tertiary/aromatic N) is 2. The van der Waals surface area contributed by atoms with Crippen LogP contribution in [0.25, 0.3) is 55.6 Å². The Balaban J connectivity index is 1.21. The van der Waals surface area contributed by atoms with Gasteiger partial charge in [-0.15, -0.1) is 0 Å². The summed E-state index contributed by atoms with van der Waals surface area (Å²) >= 11 is 0. The standard InChI is InChI=1S/C63H48N2/c1-63(2)60-34-19-18-31-58(60)59-40-39-53(44-61(59)63)65(52-37-35-46(36-38-52)45-21-8-3-9-22-45)55-42-49(41-54(43-55)64(50-27-14-6-15-28-50)51-29-16-7-17-30-51)62-56(47-23-10-4-11-24-47)32-20-33-57(62)48-25-12-5-13-26-48/h3-44H,1-2H3. The van der Waals surface area contributed by atoms with Crippen molar-refractivity contribution in [3.63, 3.8) is 0 Å². The molecule has 2 heteroatoms. The Labute approximate surface area is 383 Å². The van der Waals surface area contributed by atoms with Crippen LogP contribution in [-0.2, 0) is 5.41 Å². The third-order valence-corrected chi connectivity index (χ3v) is 13.0. The first-order valence-electron chi connectivity index (χ1n) is 22.5. The lowest BCUT2D eigenvalue weighted by Crippen LogP contribution is -2.17. The molecule has 11 rings (SSSR count). The van der Waals surface area contributed by atoms with Crippen LogP contribution in [0.5, 0.6) is 0 Å². The van der Waals surface area contributed by atoms with Crippen LogP contribution in [0.3, 0.4) is 0 Å². The lowest BCUT2D eigenvalue weighted by molar-refractivity contribution is 0.660. The van der Waals surface area contributed by atoms with E-state index in [4.69, 9.17) is 0 Å². The first-order chi connectivity index (χ1) is 32.0. The average Bonchev–Trinajstić information content (AvgIpc) is 3.60. The summed E-state index contributed by atoms with van der Waals surface area (Å²) in [5.41, 5.74) is 20.9. The first kappa shape index (κ1) is 39.6. The SMILES string of the molecule is CC1(C)c2ccccc2-c2ccc(N(c3ccc(-c4ccccc4)cc3)c3cc(-c4c(-c5ccccc5)cccc4-c4ccccc4)cc(N(c4ccccc4)c4ccccc4)c3)cc21. The molecule has 2 nitrogen and oxygen atoms in total. The van der Waals surface area contributed by atoms with E-state index in [-0.39, 0.29) is 5.41 Å². The van der Waals surface area contributed by atoms with E-state index in [0.717, 1.165) is 39.7 Å². The van der Waals surface area contributed by atoms with Crippen LogP contribution in [0.15, 0.2) is 255 Å². The molecule has 0 spiro atoms. The van der Waals surface area contributed by atoms with E-state index in [1.807, 2.05) is 0 Å². The van der Waals surface area contributed by atoms with Gasteiger partial charge in [0.1, 0.15) is 0 Å². The Kier molecular flexibility index (Phi) is 10.3. The van der Waals surface area contributed by atoms with Crippen LogP contribution in [0.4, 0.5) is 34.1 Å². The van der Waals surface area contributed by atoms with Gasteiger partial charge in [-0.05, 0) is 133 Å². The van der Waals surface area contributed by atoms with Gasteiger partial charge in [-0.1, -0.05) is 202 Å². The fourth-order valence-corrected chi connectivity index (χ4v) is 9.89. The molecule has 0 amide bonds. The fourth-order valence-electron chi connectivity index (χ4n) is 9.89. The minimum atomic E-state index is -0.172. The van der Waals surface area contributed by atoms with Gasteiger partial charge in [-0.3, -0.25) is 0 Å². The highest BCUT2D eigenvalue weighted by molar-refractivity contribution is 5.98. The van der Waals surface area contributed by atoms with Gasteiger partial charge in [0.2, 0.25) is 0 Å². The van der Waals surface area contributed by atoms with Gasteiger partial charge in [-0.2, -0.15) is 0 Å². The van der Waals surface area contributed by atoms with Crippen molar-refractivity contribution in [2.75, 3.05) is 9.80 Å². The number of fused-ring (bicyclic) bond motifs is 3. The monoisotopic (exact) mass is 832 g/mol. The lowest BCUT2D eigenvalue weighted by Gasteiger charge is -2.31. The molecule has 310 valence electrons. The highest BCUT2D eigenvalue weighted by atomic mass is 15.2. The molecule has 1 aliphatic carbocycles. The summed E-state index contributed by atoms with van der Waals surface area (Å²) in [5, 5.41) is 0. The Morgan fingerprint density at radius 2 is 0.646 bits per heavy atom. The van der Waals surface area contributed by atoms with Crippen LogP contribution in [-0.4, -0.2) is 0 Å². The number of rotatable bonds is 10. The van der Waals surface area contributed by atoms with E-state index in [0.29, 0.717) is 0 Å². The van der Waals surface area contributed by atoms with Crippen molar-refractivity contribution >= 4 is 34.1 Å². The lowest BCUT2D eigenvalue weighted by atomic mass is 9.82. The van der Waals surface area contributed by atoms with Gasteiger partial charge in [0.15, 0.2) is 0 Å². The van der Waals surface area contributed by atoms with Crippen molar-refractivity contribution in [1.82, 2.24) is 0 Å². The predicted molar refractivity (Wildman–Crippen MR) is 275 cm³/mol. The van der Waals surface area contributed by atoms with Crippen LogP contribution in [0.1, 0.15) is 25.0 Å². The molecule has 0 N–H and O–H groups in total. The molecule has 65 heavy (non-hydrogen) atoms. The molecule has 0 radical (unpaired) electrons. The molecule has 0 saturated heterocycles. The summed E-state index contributed by atoms with van der Waals surface area (Å²) in [6.07, 6.45) is 0. The summed E-state index contributed by atoms with van der Waals surface area (Å²) in [5.74, 6) is 0. The van der Waals surface area contributed by atoms with Crippen molar-refractivity contribution in [3.8, 4) is 55.6 Å². The van der Waals surface area contributed by atoms with E-state index < -0.39 is 0 Å². The maximum absolute atomic E-state index is 2.46. The molecule has 0 aromatic heterocycles. The Hall–Kier alpha value is -8.20. The minimum Gasteiger partial charge on any atom is -0.310 e. The third-order valence-electron chi connectivity index (χ3n) is 13.0. The normalized spacial score (nSPS) is 12.3. The van der Waals surface area contributed by atoms with E-state index in [1.54, 1.807) is 0 Å². The Morgan fingerprint density at radius 3 is 1.20 bits per heavy atom. The zero-order chi connectivity index (χ0) is 43.7. The number of benzene rings is 10. The average molecular weight is 833 g/mol. The molecular formula is C63H48N2. The second-order valence-corrected chi connectivity index (χ2v) is 17.4. The summed E-state index contributed by atoms with van der Waals surface area (Å²) in [6, 6.07) is 92.7. The predicted octanol–water partition coefficient (Wildman–Crippen LogP) is 17.6. The third kappa shape index (κ3) is 7.39. The summed E-state index contributed by atoms with van der Waals surface area (Å²) < 4.78 is 0. The molecular weight excluding hydrogens is 785 g/mol. The van der Waals surface area contributed by atoms with Crippen molar-refractivity contribution in [1.29, 1.82) is 0 Å². The van der Waals surface area contributed by atoms with Crippen LogP contribution >= 0.6 is 0 Å². The molecule has 0 heterocycles. The Bertz CT molecular complexity index is 3150. The quantitative estimate of drug-likeness (QED) is 0.135. The molecule has 0 atom stereocenters. The zero-order valence-corrected chi connectivity index (χ0v) is 36.6. The molecule has 10 aromatic carbocycles. The molecule has 10 aromatic rings. The second-order valence-electron chi connectivity index (χ2n) is 17.4. The smallest absolute Gasteiger partial charge is 0.0488 e. The van der Waals surface area contributed by atoms with Gasteiger partial charge < -0.3 is 9.80 Å².